The summed E-state index contributed by atoms with van der Waals surface area (Å²) < 4.78 is 5.68. The van der Waals surface area contributed by atoms with Crippen molar-refractivity contribution in [1.29, 1.82) is 0 Å². The highest BCUT2D eigenvalue weighted by atomic mass is 16.5. The van der Waals surface area contributed by atoms with E-state index in [2.05, 4.69) is 50.2 Å². The van der Waals surface area contributed by atoms with Crippen LogP contribution >= 0.6 is 0 Å². The lowest BCUT2D eigenvalue weighted by Gasteiger charge is -2.09. The predicted molar refractivity (Wildman–Crippen MR) is 80.1 cm³/mol. The number of nitrogens with two attached hydrogens (primary N) is 1. The Morgan fingerprint density at radius 3 is 1.89 bits per heavy atom. The number of ether oxygens (including phenoxy) is 1. The van der Waals surface area contributed by atoms with Gasteiger partial charge in [0.25, 0.3) is 0 Å². The van der Waals surface area contributed by atoms with Gasteiger partial charge in [0.1, 0.15) is 5.75 Å². The van der Waals surface area contributed by atoms with Crippen LogP contribution in [0.25, 0.3) is 11.1 Å². The van der Waals surface area contributed by atoms with E-state index in [4.69, 9.17) is 10.5 Å². The minimum Gasteiger partial charge on any atom is -0.493 e. The molecular weight excluding hydrogens is 234 g/mol. The van der Waals surface area contributed by atoms with Crippen LogP contribution in [-0.4, -0.2) is 6.61 Å². The highest BCUT2D eigenvalue weighted by Crippen LogP contribution is 2.23. The van der Waals surface area contributed by atoms with Crippen molar-refractivity contribution in [3.8, 4) is 16.9 Å². The Hall–Kier alpha value is -1.80. The molecule has 100 valence electrons. The first-order valence-electron chi connectivity index (χ1n) is 6.71. The van der Waals surface area contributed by atoms with Crippen molar-refractivity contribution < 1.29 is 4.74 Å². The molecule has 0 unspecified atom stereocenters. The summed E-state index contributed by atoms with van der Waals surface area (Å²) in [6.45, 7) is 5.63. The third-order valence-electron chi connectivity index (χ3n) is 2.96. The van der Waals surface area contributed by atoms with E-state index in [0.29, 0.717) is 12.5 Å². The van der Waals surface area contributed by atoms with Crippen LogP contribution in [0, 0.1) is 5.92 Å². The Morgan fingerprint density at radius 1 is 0.895 bits per heavy atom. The van der Waals surface area contributed by atoms with E-state index in [9.17, 15) is 0 Å². The fourth-order valence-electron chi connectivity index (χ4n) is 1.84. The molecule has 2 heteroatoms. The zero-order valence-electron chi connectivity index (χ0n) is 11.6. The lowest BCUT2D eigenvalue weighted by atomic mass is 10.0. The first-order chi connectivity index (χ1) is 9.19. The van der Waals surface area contributed by atoms with Gasteiger partial charge >= 0.3 is 0 Å². The van der Waals surface area contributed by atoms with Gasteiger partial charge in [-0.05, 0) is 34.7 Å². The van der Waals surface area contributed by atoms with Crippen molar-refractivity contribution >= 4 is 0 Å². The largest absolute Gasteiger partial charge is 0.493 e. The summed E-state index contributed by atoms with van der Waals surface area (Å²) in [6, 6.07) is 16.6. The normalized spacial score (nSPS) is 10.7. The molecule has 0 amide bonds. The Kier molecular flexibility index (Phi) is 4.58. The summed E-state index contributed by atoms with van der Waals surface area (Å²) in [6.07, 6.45) is 0. The lowest BCUT2D eigenvalue weighted by molar-refractivity contribution is 0.271. The molecule has 0 fully saturated rings. The summed E-state index contributed by atoms with van der Waals surface area (Å²) in [5.74, 6) is 1.47. The topological polar surface area (TPSA) is 35.2 Å². The molecule has 0 heterocycles. The van der Waals surface area contributed by atoms with Gasteiger partial charge in [0.15, 0.2) is 0 Å². The van der Waals surface area contributed by atoms with Crippen LogP contribution in [0.1, 0.15) is 19.4 Å². The molecule has 19 heavy (non-hydrogen) atoms. The van der Waals surface area contributed by atoms with Crippen molar-refractivity contribution in [3.63, 3.8) is 0 Å². The van der Waals surface area contributed by atoms with Crippen molar-refractivity contribution in [1.82, 2.24) is 0 Å². The van der Waals surface area contributed by atoms with Gasteiger partial charge in [-0.3, -0.25) is 0 Å². The lowest BCUT2D eigenvalue weighted by Crippen LogP contribution is -2.04. The molecule has 2 nitrogen and oxygen atoms in total. The smallest absolute Gasteiger partial charge is 0.119 e. The zero-order chi connectivity index (χ0) is 13.7. The van der Waals surface area contributed by atoms with Gasteiger partial charge in [-0.15, -0.1) is 0 Å². The molecule has 2 aromatic carbocycles. The number of rotatable bonds is 5. The molecule has 2 rings (SSSR count). The second kappa shape index (κ2) is 6.39. The van der Waals surface area contributed by atoms with E-state index < -0.39 is 0 Å². The highest BCUT2D eigenvalue weighted by molar-refractivity contribution is 5.64. The van der Waals surface area contributed by atoms with E-state index in [0.717, 1.165) is 17.9 Å². The van der Waals surface area contributed by atoms with Crippen LogP contribution in [-0.2, 0) is 6.54 Å². The Bertz CT molecular complexity index is 500. The second-order valence-corrected chi connectivity index (χ2v) is 5.13. The molecule has 0 aliphatic heterocycles. The maximum absolute atomic E-state index is 5.68. The second-order valence-electron chi connectivity index (χ2n) is 5.13. The number of benzene rings is 2. The average molecular weight is 255 g/mol. The van der Waals surface area contributed by atoms with Crippen LogP contribution in [0.5, 0.6) is 5.75 Å². The molecule has 0 radical (unpaired) electrons. The fraction of sp³-hybridized carbons (Fsp3) is 0.294. The fourth-order valence-corrected chi connectivity index (χ4v) is 1.84. The van der Waals surface area contributed by atoms with Crippen LogP contribution in [0.3, 0.4) is 0 Å². The number of hydrogen-bond acceptors (Lipinski definition) is 2. The molecule has 0 aromatic heterocycles. The zero-order valence-corrected chi connectivity index (χ0v) is 11.6. The van der Waals surface area contributed by atoms with Crippen molar-refractivity contribution in [2.45, 2.75) is 20.4 Å². The van der Waals surface area contributed by atoms with Gasteiger partial charge in [-0.1, -0.05) is 50.2 Å². The summed E-state index contributed by atoms with van der Waals surface area (Å²) >= 11 is 0. The first-order valence-corrected chi connectivity index (χ1v) is 6.71. The predicted octanol–water partition coefficient (Wildman–Crippen LogP) is 3.85. The SMILES string of the molecule is CC(C)COc1ccc(-c2ccc(CN)cc2)cc1. The maximum Gasteiger partial charge on any atom is 0.119 e. The summed E-state index contributed by atoms with van der Waals surface area (Å²) in [7, 11) is 0. The number of hydrogen-bond donors (Lipinski definition) is 1. The van der Waals surface area contributed by atoms with E-state index in [1.165, 1.54) is 11.1 Å². The van der Waals surface area contributed by atoms with Crippen molar-refractivity contribution in [2.75, 3.05) is 6.61 Å². The molecule has 0 saturated heterocycles. The minimum absolute atomic E-state index is 0.545. The summed E-state index contributed by atoms with van der Waals surface area (Å²) in [5, 5.41) is 0. The minimum atomic E-state index is 0.545. The molecular formula is C17H21NO. The standard InChI is InChI=1S/C17H21NO/c1-13(2)12-19-17-9-7-16(8-10-17)15-5-3-14(11-18)4-6-15/h3-10,13H,11-12,18H2,1-2H3. The van der Waals surface area contributed by atoms with Gasteiger partial charge in [0.05, 0.1) is 6.61 Å². The van der Waals surface area contributed by atoms with E-state index in [1.54, 1.807) is 0 Å². The first kappa shape index (κ1) is 13.6. The molecule has 0 aliphatic carbocycles. The van der Waals surface area contributed by atoms with E-state index in [-0.39, 0.29) is 0 Å². The third-order valence-corrected chi connectivity index (χ3v) is 2.96. The summed E-state index contributed by atoms with van der Waals surface area (Å²) in [4.78, 5) is 0. The quantitative estimate of drug-likeness (QED) is 0.880. The van der Waals surface area contributed by atoms with Crippen LogP contribution in [0.2, 0.25) is 0 Å². The van der Waals surface area contributed by atoms with Gasteiger partial charge in [-0.25, -0.2) is 0 Å². The Morgan fingerprint density at radius 2 is 1.42 bits per heavy atom. The monoisotopic (exact) mass is 255 g/mol. The maximum atomic E-state index is 5.68. The molecule has 2 N–H and O–H groups in total. The molecule has 0 atom stereocenters. The van der Waals surface area contributed by atoms with Crippen LogP contribution in [0.4, 0.5) is 0 Å². The third kappa shape index (κ3) is 3.83. The van der Waals surface area contributed by atoms with Crippen molar-refractivity contribution in [2.24, 2.45) is 11.7 Å². The average Bonchev–Trinajstić information content (AvgIpc) is 2.46. The van der Waals surface area contributed by atoms with Gasteiger partial charge in [0.2, 0.25) is 0 Å². The molecule has 0 bridgehead atoms. The van der Waals surface area contributed by atoms with Crippen LogP contribution in [0.15, 0.2) is 48.5 Å². The highest BCUT2D eigenvalue weighted by Gasteiger charge is 2.00. The van der Waals surface area contributed by atoms with Crippen LogP contribution < -0.4 is 10.5 Å². The van der Waals surface area contributed by atoms with E-state index >= 15 is 0 Å². The van der Waals surface area contributed by atoms with Gasteiger partial charge in [0, 0.05) is 6.54 Å². The van der Waals surface area contributed by atoms with E-state index in [1.807, 2.05) is 12.1 Å². The van der Waals surface area contributed by atoms with Gasteiger partial charge < -0.3 is 10.5 Å². The van der Waals surface area contributed by atoms with Gasteiger partial charge in [-0.2, -0.15) is 0 Å². The molecule has 0 saturated carbocycles. The Labute approximate surface area is 115 Å². The van der Waals surface area contributed by atoms with Crippen molar-refractivity contribution in [3.05, 3.63) is 54.1 Å². The molecule has 0 spiro atoms. The Balaban J connectivity index is 2.08. The summed E-state index contributed by atoms with van der Waals surface area (Å²) in [5.41, 5.74) is 9.15. The molecule has 2 aromatic rings. The molecule has 0 aliphatic rings.